The van der Waals surface area contributed by atoms with Crippen LogP contribution >= 0.6 is 0 Å². The predicted octanol–water partition coefficient (Wildman–Crippen LogP) is -0.295. The topological polar surface area (TPSA) is 67.6 Å². The molecule has 3 aliphatic heterocycles. The van der Waals surface area contributed by atoms with Gasteiger partial charge in [0.1, 0.15) is 5.54 Å². The maximum Gasteiger partial charge on any atom is 0.238 e. The Morgan fingerprint density at radius 1 is 1.44 bits per heavy atom. The van der Waals surface area contributed by atoms with Gasteiger partial charge in [0.25, 0.3) is 0 Å². The third-order valence-electron chi connectivity index (χ3n) is 4.90. The minimum absolute atomic E-state index is 0.174. The summed E-state index contributed by atoms with van der Waals surface area (Å²) in [6.45, 7) is 4.73. The van der Waals surface area contributed by atoms with Crippen LogP contribution < -0.4 is 11.1 Å². The molecule has 0 aromatic rings. The summed E-state index contributed by atoms with van der Waals surface area (Å²) in [5.74, 6) is 0.206. The number of piperidine rings is 1. The van der Waals surface area contributed by atoms with Crippen molar-refractivity contribution in [1.29, 1.82) is 0 Å². The Balaban J connectivity index is 1.68. The molecule has 0 saturated carbocycles. The van der Waals surface area contributed by atoms with Crippen LogP contribution in [0.15, 0.2) is 0 Å². The monoisotopic (exact) mass is 253 g/mol. The van der Waals surface area contributed by atoms with E-state index in [1.165, 1.54) is 0 Å². The first-order valence-electron chi connectivity index (χ1n) is 7.09. The Morgan fingerprint density at radius 3 is 3.06 bits per heavy atom. The summed E-state index contributed by atoms with van der Waals surface area (Å²) >= 11 is 0. The smallest absolute Gasteiger partial charge is 0.238 e. The van der Waals surface area contributed by atoms with E-state index in [0.717, 1.165) is 58.5 Å². The molecule has 4 atom stereocenters. The maximum atomic E-state index is 12.0. The van der Waals surface area contributed by atoms with Crippen molar-refractivity contribution in [2.24, 2.45) is 11.7 Å². The molecule has 0 spiro atoms. The summed E-state index contributed by atoms with van der Waals surface area (Å²) in [6, 6.07) is 0. The van der Waals surface area contributed by atoms with Crippen molar-refractivity contribution >= 4 is 5.91 Å². The van der Waals surface area contributed by atoms with E-state index < -0.39 is 5.54 Å². The van der Waals surface area contributed by atoms with Crippen LogP contribution in [0.25, 0.3) is 0 Å². The number of primary amides is 1. The molecule has 102 valence electrons. The molecule has 5 nitrogen and oxygen atoms in total. The van der Waals surface area contributed by atoms with Gasteiger partial charge in [0.2, 0.25) is 5.91 Å². The Labute approximate surface area is 108 Å². The van der Waals surface area contributed by atoms with Gasteiger partial charge in [-0.05, 0) is 32.2 Å². The van der Waals surface area contributed by atoms with E-state index in [-0.39, 0.29) is 12.0 Å². The van der Waals surface area contributed by atoms with Crippen LogP contribution in [0.4, 0.5) is 0 Å². The number of ether oxygens (including phenoxy) is 1. The van der Waals surface area contributed by atoms with Gasteiger partial charge in [0.15, 0.2) is 0 Å². The zero-order valence-corrected chi connectivity index (χ0v) is 10.9. The van der Waals surface area contributed by atoms with Gasteiger partial charge in [-0.25, -0.2) is 0 Å². The van der Waals surface area contributed by atoms with E-state index in [1.807, 2.05) is 0 Å². The quantitative estimate of drug-likeness (QED) is 0.722. The summed E-state index contributed by atoms with van der Waals surface area (Å²) in [5, 5.41) is 3.48. The lowest BCUT2D eigenvalue weighted by atomic mass is 9.78. The minimum atomic E-state index is -0.487. The fraction of sp³-hybridized carbons (Fsp3) is 0.923. The van der Waals surface area contributed by atoms with E-state index in [4.69, 9.17) is 10.5 Å². The first-order valence-corrected chi connectivity index (χ1v) is 7.09. The van der Waals surface area contributed by atoms with Crippen LogP contribution in [-0.4, -0.2) is 55.2 Å². The predicted molar refractivity (Wildman–Crippen MR) is 68.1 cm³/mol. The first-order chi connectivity index (χ1) is 8.71. The summed E-state index contributed by atoms with van der Waals surface area (Å²) in [7, 11) is 0. The molecule has 0 aliphatic carbocycles. The Bertz CT molecular complexity index is 330. The molecule has 2 bridgehead atoms. The average Bonchev–Trinajstić information content (AvgIpc) is 2.99. The molecule has 5 heteroatoms. The molecule has 3 rings (SSSR count). The number of nitrogens with zero attached hydrogens (tertiary/aromatic N) is 1. The number of hydrogen-bond donors (Lipinski definition) is 2. The highest BCUT2D eigenvalue weighted by atomic mass is 16.5. The number of carbonyl (C=O) groups is 1. The largest absolute Gasteiger partial charge is 0.377 e. The van der Waals surface area contributed by atoms with Crippen molar-refractivity contribution < 1.29 is 9.53 Å². The highest BCUT2D eigenvalue weighted by Gasteiger charge is 2.50. The number of hydrogen-bond acceptors (Lipinski definition) is 4. The van der Waals surface area contributed by atoms with Gasteiger partial charge >= 0.3 is 0 Å². The minimum Gasteiger partial charge on any atom is -0.377 e. The van der Waals surface area contributed by atoms with Crippen LogP contribution in [0.2, 0.25) is 0 Å². The molecule has 0 aromatic carbocycles. The SMILES string of the molecule is NC(=O)C1(NCC2CCCO2)CCN2CCC1C2. The number of carbonyl (C=O) groups excluding carboxylic acids is 1. The number of nitrogens with one attached hydrogen (secondary N) is 1. The molecule has 4 unspecified atom stereocenters. The molecule has 1 amide bonds. The van der Waals surface area contributed by atoms with E-state index in [9.17, 15) is 4.79 Å². The second-order valence-electron chi connectivity index (χ2n) is 5.89. The van der Waals surface area contributed by atoms with Crippen molar-refractivity contribution in [3.05, 3.63) is 0 Å². The fourth-order valence-electron chi connectivity index (χ4n) is 3.72. The molecule has 0 aromatic heterocycles. The summed E-state index contributed by atoms with van der Waals surface area (Å²) in [6.07, 6.45) is 4.42. The van der Waals surface area contributed by atoms with Gasteiger partial charge in [-0.15, -0.1) is 0 Å². The van der Waals surface area contributed by atoms with Crippen LogP contribution in [0.5, 0.6) is 0 Å². The van der Waals surface area contributed by atoms with Crippen LogP contribution in [0.1, 0.15) is 25.7 Å². The number of rotatable bonds is 4. The Hall–Kier alpha value is -0.650. The van der Waals surface area contributed by atoms with Gasteiger partial charge in [0, 0.05) is 32.2 Å². The van der Waals surface area contributed by atoms with E-state index >= 15 is 0 Å². The molecule has 18 heavy (non-hydrogen) atoms. The third-order valence-corrected chi connectivity index (χ3v) is 4.90. The fourth-order valence-corrected chi connectivity index (χ4v) is 3.72. The summed E-state index contributed by atoms with van der Waals surface area (Å²) in [4.78, 5) is 14.4. The summed E-state index contributed by atoms with van der Waals surface area (Å²) < 4.78 is 5.62. The number of nitrogens with two attached hydrogens (primary N) is 1. The van der Waals surface area contributed by atoms with Crippen molar-refractivity contribution in [2.75, 3.05) is 32.8 Å². The standard InChI is InChI=1S/C13H23N3O2/c14-12(17)13(15-8-11-2-1-7-18-11)4-6-16-5-3-10(13)9-16/h10-11,15H,1-9H2,(H2,14,17). The normalized spacial score (nSPS) is 43.2. The lowest BCUT2D eigenvalue weighted by Crippen LogP contribution is -2.64. The molecular weight excluding hydrogens is 230 g/mol. The van der Waals surface area contributed by atoms with E-state index in [0.29, 0.717) is 5.92 Å². The average molecular weight is 253 g/mol. The van der Waals surface area contributed by atoms with Gasteiger partial charge in [-0.1, -0.05) is 0 Å². The van der Waals surface area contributed by atoms with Gasteiger partial charge < -0.3 is 20.7 Å². The van der Waals surface area contributed by atoms with Gasteiger partial charge in [-0.2, -0.15) is 0 Å². The second kappa shape index (κ2) is 4.79. The lowest BCUT2D eigenvalue weighted by Gasteiger charge is -2.41. The van der Waals surface area contributed by atoms with Crippen molar-refractivity contribution in [3.8, 4) is 0 Å². The molecule has 3 saturated heterocycles. The number of amides is 1. The Morgan fingerprint density at radius 2 is 2.33 bits per heavy atom. The highest BCUT2D eigenvalue weighted by molar-refractivity contribution is 5.85. The second-order valence-corrected chi connectivity index (χ2v) is 5.89. The zero-order valence-electron chi connectivity index (χ0n) is 10.9. The van der Waals surface area contributed by atoms with Gasteiger partial charge in [0.05, 0.1) is 6.10 Å². The van der Waals surface area contributed by atoms with E-state index in [2.05, 4.69) is 10.2 Å². The van der Waals surface area contributed by atoms with Crippen LogP contribution in [0.3, 0.4) is 0 Å². The zero-order chi connectivity index (χ0) is 12.6. The first kappa shape index (κ1) is 12.4. The van der Waals surface area contributed by atoms with Crippen molar-refractivity contribution in [1.82, 2.24) is 10.2 Å². The lowest BCUT2D eigenvalue weighted by molar-refractivity contribution is -0.128. The molecule has 3 N–H and O–H groups in total. The molecule has 0 radical (unpaired) electrons. The number of fused-ring (bicyclic) bond motifs is 2. The molecular formula is C13H23N3O2. The van der Waals surface area contributed by atoms with Crippen LogP contribution in [-0.2, 0) is 9.53 Å². The third kappa shape index (κ3) is 2.04. The molecule has 3 aliphatic rings. The molecule has 3 fully saturated rings. The van der Waals surface area contributed by atoms with Crippen LogP contribution in [0, 0.1) is 5.92 Å². The van der Waals surface area contributed by atoms with Gasteiger partial charge in [-0.3, -0.25) is 4.79 Å². The molecule has 3 heterocycles. The highest BCUT2D eigenvalue weighted by Crippen LogP contribution is 2.35. The van der Waals surface area contributed by atoms with E-state index in [1.54, 1.807) is 0 Å². The van der Waals surface area contributed by atoms with Crippen molar-refractivity contribution in [3.63, 3.8) is 0 Å². The Kier molecular flexibility index (Phi) is 3.30. The van der Waals surface area contributed by atoms with Crippen molar-refractivity contribution in [2.45, 2.75) is 37.3 Å². The summed E-state index contributed by atoms with van der Waals surface area (Å²) in [5.41, 5.74) is 5.22. The maximum absolute atomic E-state index is 12.0.